The fourth-order valence-electron chi connectivity index (χ4n) is 4.77. The normalized spacial score (nSPS) is 29.6. The molecular formula is C25H42N4O8S. The molecule has 216 valence electrons. The lowest BCUT2D eigenvalue weighted by molar-refractivity contribution is -0.136. The number of carbonyl (C=O) groups is 3. The summed E-state index contributed by atoms with van der Waals surface area (Å²) in [5.74, 6) is -1.94. The Balaban J connectivity index is 1.78. The molecule has 0 aromatic heterocycles. The van der Waals surface area contributed by atoms with Crippen molar-refractivity contribution in [3.05, 3.63) is 12.7 Å². The number of β-amino-alcohol motifs (C(OH)–C–C–N with tert-alkyl or cyclic N) is 1. The molecule has 3 rings (SSSR count). The Morgan fingerprint density at radius 2 is 1.76 bits per heavy atom. The van der Waals surface area contributed by atoms with Crippen molar-refractivity contribution < 1.29 is 37.8 Å². The Bertz CT molecular complexity index is 1060. The van der Waals surface area contributed by atoms with Gasteiger partial charge in [-0.15, -0.1) is 6.58 Å². The van der Waals surface area contributed by atoms with Gasteiger partial charge in [0.2, 0.25) is 15.9 Å². The minimum atomic E-state index is -3.83. The largest absolute Gasteiger partial charge is 0.444 e. The molecule has 5 N–H and O–H groups in total. The average Bonchev–Trinajstić information content (AvgIpc) is 3.66. The molecule has 38 heavy (non-hydrogen) atoms. The van der Waals surface area contributed by atoms with E-state index in [1.807, 2.05) is 0 Å². The minimum absolute atomic E-state index is 0.0248. The van der Waals surface area contributed by atoms with Gasteiger partial charge in [-0.2, -0.15) is 0 Å². The maximum absolute atomic E-state index is 13.5. The number of hydrogen-bond donors (Lipinski definition) is 5. The van der Waals surface area contributed by atoms with Crippen LogP contribution in [0.25, 0.3) is 0 Å². The third-order valence-corrected chi connectivity index (χ3v) is 8.93. The van der Waals surface area contributed by atoms with Crippen LogP contribution in [0.15, 0.2) is 12.7 Å². The summed E-state index contributed by atoms with van der Waals surface area (Å²) in [6, 6.07) is -1.93. The Morgan fingerprint density at radius 1 is 1.16 bits per heavy atom. The molecule has 6 atom stereocenters. The smallest absolute Gasteiger partial charge is 0.408 e. The first-order valence-electron chi connectivity index (χ1n) is 12.9. The first kappa shape index (κ1) is 30.3. The highest BCUT2D eigenvalue weighted by atomic mass is 32.2. The molecule has 1 heterocycles. The van der Waals surface area contributed by atoms with Crippen molar-refractivity contribution in [2.75, 3.05) is 6.54 Å². The number of hydrogen-bond acceptors (Lipinski definition) is 9. The Labute approximate surface area is 224 Å². The Hall–Kier alpha value is -2.22. The highest BCUT2D eigenvalue weighted by Crippen LogP contribution is 2.45. The highest BCUT2D eigenvalue weighted by molar-refractivity contribution is 7.91. The van der Waals surface area contributed by atoms with Crippen molar-refractivity contribution in [2.45, 2.75) is 108 Å². The first-order valence-corrected chi connectivity index (χ1v) is 14.5. The molecule has 12 nitrogen and oxygen atoms in total. The maximum Gasteiger partial charge on any atom is 0.408 e. The van der Waals surface area contributed by atoms with Crippen molar-refractivity contribution in [1.29, 1.82) is 0 Å². The lowest BCUT2D eigenvalue weighted by Crippen LogP contribution is -2.62. The number of nitrogens with one attached hydrogen (secondary N) is 3. The van der Waals surface area contributed by atoms with E-state index >= 15 is 0 Å². The molecule has 3 amide bonds. The van der Waals surface area contributed by atoms with E-state index in [1.165, 1.54) is 11.0 Å². The summed E-state index contributed by atoms with van der Waals surface area (Å²) >= 11 is 0. The molecule has 3 fully saturated rings. The quantitative estimate of drug-likeness (QED) is 0.250. The summed E-state index contributed by atoms with van der Waals surface area (Å²) in [7, 11) is -3.83. The van der Waals surface area contributed by atoms with Gasteiger partial charge in [-0.1, -0.05) is 26.8 Å². The van der Waals surface area contributed by atoms with Crippen LogP contribution in [0.2, 0.25) is 0 Å². The van der Waals surface area contributed by atoms with Crippen LogP contribution in [0.4, 0.5) is 4.79 Å². The third-order valence-electron chi connectivity index (χ3n) is 7.11. The first-order chi connectivity index (χ1) is 17.3. The van der Waals surface area contributed by atoms with Crippen molar-refractivity contribution >= 4 is 27.9 Å². The van der Waals surface area contributed by atoms with Crippen LogP contribution in [0, 0.1) is 11.3 Å². The molecule has 0 spiro atoms. The van der Waals surface area contributed by atoms with Crippen molar-refractivity contribution in [2.24, 2.45) is 11.3 Å². The average molecular weight is 559 g/mol. The molecule has 0 aromatic rings. The van der Waals surface area contributed by atoms with Gasteiger partial charge in [-0.3, -0.25) is 19.2 Å². The van der Waals surface area contributed by atoms with Crippen LogP contribution in [-0.4, -0.2) is 88.8 Å². The number of alkyl carbamates (subject to hydrolysis) is 1. The monoisotopic (exact) mass is 558 g/mol. The molecule has 0 bridgehead atoms. The summed E-state index contributed by atoms with van der Waals surface area (Å²) < 4.78 is 32.2. The third kappa shape index (κ3) is 6.85. The van der Waals surface area contributed by atoms with Gasteiger partial charge in [0.25, 0.3) is 5.91 Å². The van der Waals surface area contributed by atoms with E-state index in [0.717, 1.165) is 0 Å². The number of ether oxygens (including phenoxy) is 1. The van der Waals surface area contributed by atoms with Gasteiger partial charge >= 0.3 is 6.09 Å². The number of carbonyl (C=O) groups excluding carboxylic acids is 3. The SMILES string of the molecule is C=C[C@@H]1C[C@]1(NC(=O)[C@@H]1C[C@@H](O)CN1C(O)[C@@H](NC(=O)OC(C)(C)C)C(C)(C)C)C(=O)NS(=O)(=O)C1CC1. The standard InChI is InChI=1S/C25H42N4O8S/c1-8-14-12-25(14,21(33)28-38(35,36)16-9-10-16)27-19(31)17-11-15(30)13-29(17)20(32)18(23(2,3)4)26-22(34)37-24(5,6)7/h8,14-18,20,30,32H,1,9-13H2,2-7H3,(H,26,34)(H,27,31)(H,28,33)/t14-,15-,17+,18-,20?,25-/m1/s1. The predicted octanol–water partition coefficient (Wildman–Crippen LogP) is 0.349. The molecule has 2 aliphatic carbocycles. The molecule has 0 aromatic carbocycles. The summed E-state index contributed by atoms with van der Waals surface area (Å²) in [5, 5.41) is 26.5. The maximum atomic E-state index is 13.5. The fraction of sp³-hybridized carbons (Fsp3) is 0.800. The van der Waals surface area contributed by atoms with Crippen LogP contribution < -0.4 is 15.4 Å². The fourth-order valence-corrected chi connectivity index (χ4v) is 6.14. The molecule has 13 heteroatoms. The number of sulfonamides is 1. The van der Waals surface area contributed by atoms with Gasteiger partial charge in [0, 0.05) is 12.5 Å². The molecule has 0 radical (unpaired) electrons. The van der Waals surface area contributed by atoms with E-state index in [4.69, 9.17) is 4.74 Å². The zero-order valence-electron chi connectivity index (χ0n) is 23.0. The lowest BCUT2D eigenvalue weighted by Gasteiger charge is -2.40. The van der Waals surface area contributed by atoms with E-state index in [0.29, 0.717) is 12.8 Å². The summed E-state index contributed by atoms with van der Waals surface area (Å²) in [4.78, 5) is 40.4. The second kappa shape index (κ2) is 10.4. The van der Waals surface area contributed by atoms with E-state index in [2.05, 4.69) is 21.9 Å². The van der Waals surface area contributed by atoms with Crippen molar-refractivity contribution in [3.63, 3.8) is 0 Å². The van der Waals surface area contributed by atoms with E-state index < -0.39 is 80.1 Å². The summed E-state index contributed by atoms with van der Waals surface area (Å²) in [5.41, 5.74) is -2.92. The van der Waals surface area contributed by atoms with Gasteiger partial charge in [-0.25, -0.2) is 13.2 Å². The minimum Gasteiger partial charge on any atom is -0.444 e. The Kier molecular flexibility index (Phi) is 8.30. The van der Waals surface area contributed by atoms with E-state index in [-0.39, 0.29) is 19.4 Å². The zero-order valence-corrected chi connectivity index (χ0v) is 23.8. The summed E-state index contributed by atoms with van der Waals surface area (Å²) in [6.45, 7) is 14.2. The van der Waals surface area contributed by atoms with Gasteiger partial charge in [0.05, 0.1) is 23.4 Å². The van der Waals surface area contributed by atoms with Crippen molar-refractivity contribution in [3.8, 4) is 0 Å². The zero-order chi connectivity index (χ0) is 28.8. The number of nitrogens with zero attached hydrogens (tertiary/aromatic N) is 1. The van der Waals surface area contributed by atoms with Gasteiger partial charge in [-0.05, 0) is 51.9 Å². The Morgan fingerprint density at radius 3 is 2.24 bits per heavy atom. The van der Waals surface area contributed by atoms with Crippen LogP contribution in [0.5, 0.6) is 0 Å². The molecule has 1 unspecified atom stereocenters. The second-order valence-electron chi connectivity index (χ2n) is 12.7. The number of amides is 3. The number of aliphatic hydroxyl groups is 2. The molecule has 3 aliphatic rings. The molecule has 1 saturated heterocycles. The predicted molar refractivity (Wildman–Crippen MR) is 139 cm³/mol. The van der Waals surface area contributed by atoms with Gasteiger partial charge in [0.15, 0.2) is 0 Å². The van der Waals surface area contributed by atoms with Crippen molar-refractivity contribution in [1.82, 2.24) is 20.3 Å². The van der Waals surface area contributed by atoms with Gasteiger partial charge in [0.1, 0.15) is 17.4 Å². The molecular weight excluding hydrogens is 516 g/mol. The van der Waals surface area contributed by atoms with Crippen LogP contribution >= 0.6 is 0 Å². The molecule has 1 aliphatic heterocycles. The van der Waals surface area contributed by atoms with Crippen LogP contribution in [-0.2, 0) is 24.3 Å². The molecule has 2 saturated carbocycles. The van der Waals surface area contributed by atoms with Crippen LogP contribution in [0.1, 0.15) is 67.2 Å². The number of likely N-dealkylation sites (tertiary alicyclic amines) is 1. The second-order valence-corrected chi connectivity index (χ2v) is 14.6. The van der Waals surface area contributed by atoms with Gasteiger partial charge < -0.3 is 25.6 Å². The summed E-state index contributed by atoms with van der Waals surface area (Å²) in [6.07, 6.45) is -0.476. The number of rotatable bonds is 9. The van der Waals surface area contributed by atoms with E-state index in [9.17, 15) is 33.0 Å². The van der Waals surface area contributed by atoms with E-state index in [1.54, 1.807) is 41.5 Å². The highest BCUT2D eigenvalue weighted by Gasteiger charge is 2.62. The van der Waals surface area contributed by atoms with Crippen LogP contribution in [0.3, 0.4) is 0 Å². The number of aliphatic hydroxyl groups excluding tert-OH is 2. The topological polar surface area (TPSA) is 174 Å². The lowest BCUT2D eigenvalue weighted by atomic mass is 9.85.